The van der Waals surface area contributed by atoms with Crippen molar-refractivity contribution in [2.45, 2.75) is 69.1 Å². The summed E-state index contributed by atoms with van der Waals surface area (Å²) in [6, 6.07) is 29.7. The largest absolute Gasteiger partial charge is 0.507 e. The fourth-order valence-corrected chi connectivity index (χ4v) is 7.95. The highest BCUT2D eigenvalue weighted by molar-refractivity contribution is 8.16. The molecule has 5 nitrogen and oxygen atoms in total. The van der Waals surface area contributed by atoms with E-state index in [0.29, 0.717) is 22.3 Å². The Morgan fingerprint density at radius 2 is 1.41 bits per heavy atom. The van der Waals surface area contributed by atoms with Gasteiger partial charge in [0.25, 0.3) is 5.91 Å². The Hall–Kier alpha value is -4.03. The Morgan fingerprint density at radius 1 is 0.818 bits per heavy atom. The second-order valence-corrected chi connectivity index (χ2v) is 14.9. The first-order chi connectivity index (χ1) is 20.9. The van der Waals surface area contributed by atoms with Crippen molar-refractivity contribution in [3.8, 4) is 17.2 Å². The summed E-state index contributed by atoms with van der Waals surface area (Å²) in [6.07, 6.45) is -0.652. The standard InChI is InChI=1S/C38H39NO4S/c1-36(2,3)26-21-25(22-27(32(26)40)37(4,5)6)31-30-28(42-7)19-14-20-29(30)43-33(23-15-10-8-11-16-23)38(31)35(41)39-34(44-38)24-17-12-9-13-18-24/h8-22,31,33,40H,1-7H3/t31-,33-,38-/m1/s1. The van der Waals surface area contributed by atoms with Crippen molar-refractivity contribution in [1.29, 1.82) is 0 Å². The Morgan fingerprint density at radius 3 is 1.98 bits per heavy atom. The third-order valence-electron chi connectivity index (χ3n) is 8.61. The number of phenols is 1. The van der Waals surface area contributed by atoms with Gasteiger partial charge in [0.15, 0.2) is 4.75 Å². The highest BCUT2D eigenvalue weighted by Gasteiger charge is 2.63. The van der Waals surface area contributed by atoms with Gasteiger partial charge < -0.3 is 14.6 Å². The SMILES string of the molecule is COc1cccc2c1[C@@H](c1cc(C(C)(C)C)c(O)c(C(C)(C)C)c1)[C@@]1(SC(c3ccccc3)=NC1=O)[C@@H](c1ccccc1)O2. The average molecular weight is 606 g/mol. The number of amides is 1. The van der Waals surface area contributed by atoms with Crippen LogP contribution in [0.1, 0.15) is 86.9 Å². The lowest BCUT2D eigenvalue weighted by Gasteiger charge is -2.46. The molecule has 0 bridgehead atoms. The van der Waals surface area contributed by atoms with E-state index in [1.807, 2.05) is 78.9 Å². The Labute approximate surface area is 264 Å². The number of carbonyl (C=O) groups excluding carboxylic acids is 1. The van der Waals surface area contributed by atoms with Crippen LogP contribution < -0.4 is 9.47 Å². The molecule has 1 N–H and O–H groups in total. The molecule has 2 aliphatic heterocycles. The van der Waals surface area contributed by atoms with Gasteiger partial charge >= 0.3 is 0 Å². The van der Waals surface area contributed by atoms with Gasteiger partial charge in [-0.25, -0.2) is 4.99 Å². The van der Waals surface area contributed by atoms with Gasteiger partial charge in [-0.3, -0.25) is 4.79 Å². The number of aromatic hydroxyl groups is 1. The van der Waals surface area contributed by atoms with E-state index in [-0.39, 0.29) is 16.7 Å². The predicted molar refractivity (Wildman–Crippen MR) is 178 cm³/mol. The van der Waals surface area contributed by atoms with Gasteiger partial charge in [0, 0.05) is 17.0 Å². The van der Waals surface area contributed by atoms with Crippen LogP contribution >= 0.6 is 11.8 Å². The van der Waals surface area contributed by atoms with Crippen LogP contribution in [0.15, 0.2) is 96.0 Å². The molecule has 0 saturated heterocycles. The highest BCUT2D eigenvalue weighted by atomic mass is 32.2. The van der Waals surface area contributed by atoms with Crippen molar-refractivity contribution in [3.05, 3.63) is 124 Å². The van der Waals surface area contributed by atoms with Gasteiger partial charge in [-0.05, 0) is 45.2 Å². The quantitative estimate of drug-likeness (QED) is 0.252. The molecule has 2 aliphatic rings. The second kappa shape index (κ2) is 10.8. The normalized spacial score (nSPS) is 21.5. The molecule has 0 fully saturated rings. The van der Waals surface area contributed by atoms with Crippen LogP contribution in [0.3, 0.4) is 0 Å². The number of hydrogen-bond acceptors (Lipinski definition) is 5. The highest BCUT2D eigenvalue weighted by Crippen LogP contribution is 2.63. The third-order valence-corrected chi connectivity index (χ3v) is 10.1. The number of aliphatic imine (C=N–C) groups is 1. The number of ether oxygens (including phenoxy) is 2. The zero-order valence-corrected chi connectivity index (χ0v) is 27.2. The average Bonchev–Trinajstić information content (AvgIpc) is 3.33. The van der Waals surface area contributed by atoms with Gasteiger partial charge in [0.2, 0.25) is 0 Å². The predicted octanol–water partition coefficient (Wildman–Crippen LogP) is 8.72. The number of fused-ring (bicyclic) bond motifs is 1. The zero-order chi connectivity index (χ0) is 31.4. The van der Waals surface area contributed by atoms with E-state index in [1.165, 1.54) is 11.8 Å². The number of benzene rings is 4. The number of carbonyl (C=O) groups is 1. The lowest BCUT2D eigenvalue weighted by Crippen LogP contribution is -2.50. The molecule has 6 rings (SSSR count). The number of hydrogen-bond donors (Lipinski definition) is 1. The topological polar surface area (TPSA) is 68.1 Å². The van der Waals surface area contributed by atoms with E-state index in [9.17, 15) is 9.90 Å². The smallest absolute Gasteiger partial charge is 0.268 e. The van der Waals surface area contributed by atoms with E-state index in [0.717, 1.165) is 33.4 Å². The summed E-state index contributed by atoms with van der Waals surface area (Å²) < 4.78 is 11.7. The number of thioether (sulfide) groups is 1. The first-order valence-electron chi connectivity index (χ1n) is 15.0. The Kier molecular flexibility index (Phi) is 7.40. The third kappa shape index (κ3) is 4.89. The summed E-state index contributed by atoms with van der Waals surface area (Å²) in [7, 11) is 1.65. The molecule has 4 aromatic carbocycles. The molecular formula is C38H39NO4S. The van der Waals surface area contributed by atoms with Crippen molar-refractivity contribution >= 4 is 22.7 Å². The molecule has 0 aromatic heterocycles. The fraction of sp³-hybridized carbons (Fsp3) is 0.316. The summed E-state index contributed by atoms with van der Waals surface area (Å²) >= 11 is 1.47. The van der Waals surface area contributed by atoms with Crippen LogP contribution in [0.5, 0.6) is 17.2 Å². The Balaban J connectivity index is 1.71. The number of rotatable bonds is 4. The van der Waals surface area contributed by atoms with Gasteiger partial charge in [-0.2, -0.15) is 0 Å². The van der Waals surface area contributed by atoms with Gasteiger partial charge in [-0.1, -0.05) is 132 Å². The minimum Gasteiger partial charge on any atom is -0.507 e. The fourth-order valence-electron chi connectivity index (χ4n) is 6.45. The van der Waals surface area contributed by atoms with Gasteiger partial charge in [-0.15, -0.1) is 0 Å². The second-order valence-electron chi connectivity index (χ2n) is 13.7. The number of phenolic OH excluding ortho intramolecular Hbond substituents is 1. The minimum atomic E-state index is -1.20. The summed E-state index contributed by atoms with van der Waals surface area (Å²) in [5, 5.41) is 12.3. The van der Waals surface area contributed by atoms with E-state index >= 15 is 0 Å². The van der Waals surface area contributed by atoms with E-state index < -0.39 is 16.8 Å². The molecule has 3 atom stereocenters. The molecule has 4 aromatic rings. The molecular weight excluding hydrogens is 566 g/mol. The first-order valence-corrected chi connectivity index (χ1v) is 15.8. The van der Waals surface area contributed by atoms with Gasteiger partial charge in [0.1, 0.15) is 28.4 Å². The molecule has 0 saturated carbocycles. The zero-order valence-electron chi connectivity index (χ0n) is 26.3. The van der Waals surface area contributed by atoms with Crippen LogP contribution in [-0.2, 0) is 15.6 Å². The lowest BCUT2D eigenvalue weighted by atomic mass is 9.69. The van der Waals surface area contributed by atoms with Crippen molar-refractivity contribution in [2.24, 2.45) is 4.99 Å². The number of nitrogens with zero attached hydrogens (tertiary/aromatic N) is 1. The molecule has 1 amide bonds. The maximum atomic E-state index is 14.8. The maximum Gasteiger partial charge on any atom is 0.268 e. The lowest BCUT2D eigenvalue weighted by molar-refractivity contribution is -0.123. The molecule has 0 radical (unpaired) electrons. The molecule has 226 valence electrons. The molecule has 1 spiro atoms. The van der Waals surface area contributed by atoms with Crippen molar-refractivity contribution in [1.82, 2.24) is 0 Å². The van der Waals surface area contributed by atoms with Crippen molar-refractivity contribution < 1.29 is 19.4 Å². The summed E-state index contributed by atoms with van der Waals surface area (Å²) in [5.41, 5.74) is 4.43. The molecule has 2 heterocycles. The summed E-state index contributed by atoms with van der Waals surface area (Å²) in [4.78, 5) is 19.5. The molecule has 0 aliphatic carbocycles. The maximum absolute atomic E-state index is 14.8. The molecule has 0 unspecified atom stereocenters. The first kappa shape index (κ1) is 30.0. The van der Waals surface area contributed by atoms with E-state index in [2.05, 4.69) is 53.7 Å². The summed E-state index contributed by atoms with van der Waals surface area (Å²) in [5.74, 6) is 0.833. The van der Waals surface area contributed by atoms with Crippen LogP contribution in [0.25, 0.3) is 0 Å². The van der Waals surface area contributed by atoms with E-state index in [1.54, 1.807) is 7.11 Å². The van der Waals surface area contributed by atoms with Crippen LogP contribution in [0, 0.1) is 0 Å². The monoisotopic (exact) mass is 605 g/mol. The van der Waals surface area contributed by atoms with E-state index in [4.69, 9.17) is 14.5 Å². The minimum absolute atomic E-state index is 0.251. The van der Waals surface area contributed by atoms with Crippen molar-refractivity contribution in [3.63, 3.8) is 0 Å². The van der Waals surface area contributed by atoms with Crippen LogP contribution in [0.2, 0.25) is 0 Å². The Bertz CT molecular complexity index is 1720. The van der Waals surface area contributed by atoms with Crippen LogP contribution in [-0.4, -0.2) is 27.9 Å². The van der Waals surface area contributed by atoms with Crippen LogP contribution in [0.4, 0.5) is 0 Å². The number of methoxy groups -OCH3 is 1. The molecule has 44 heavy (non-hydrogen) atoms. The van der Waals surface area contributed by atoms with Gasteiger partial charge in [0.05, 0.1) is 7.11 Å². The molecule has 6 heteroatoms. The summed E-state index contributed by atoms with van der Waals surface area (Å²) in [6.45, 7) is 12.6. The van der Waals surface area contributed by atoms with Crippen molar-refractivity contribution in [2.75, 3.05) is 7.11 Å².